The van der Waals surface area contributed by atoms with Crippen LogP contribution in [0.1, 0.15) is 42.9 Å². The van der Waals surface area contributed by atoms with Crippen molar-refractivity contribution in [1.82, 2.24) is 40.2 Å². The largest absolute Gasteiger partial charge is 0.491 e. The lowest BCUT2D eigenvalue weighted by Crippen LogP contribution is -2.36. The second kappa shape index (κ2) is 8.29. The summed E-state index contributed by atoms with van der Waals surface area (Å²) in [5, 5.41) is 30.5. The molecule has 2 aliphatic rings. The second-order valence-corrected chi connectivity index (χ2v) is 8.77. The topological polar surface area (TPSA) is 134 Å². The molecule has 0 radical (unpaired) electrons. The molecular weight excluding hydrogens is 412 g/mol. The van der Waals surface area contributed by atoms with Gasteiger partial charge < -0.3 is 9.84 Å². The van der Waals surface area contributed by atoms with Crippen LogP contribution in [0.5, 0.6) is 5.75 Å². The van der Waals surface area contributed by atoms with Gasteiger partial charge in [0.15, 0.2) is 5.82 Å². The Morgan fingerprint density at radius 1 is 1.19 bits per heavy atom. The van der Waals surface area contributed by atoms with E-state index in [0.717, 1.165) is 36.5 Å². The minimum absolute atomic E-state index is 0.0538. The van der Waals surface area contributed by atoms with E-state index in [9.17, 15) is 9.90 Å². The first-order chi connectivity index (χ1) is 15.5. The molecule has 1 N–H and O–H groups in total. The summed E-state index contributed by atoms with van der Waals surface area (Å²) in [6.07, 6.45) is 4.97. The molecule has 3 heterocycles. The van der Waals surface area contributed by atoms with Crippen molar-refractivity contribution in [1.29, 1.82) is 0 Å². The van der Waals surface area contributed by atoms with Gasteiger partial charge in [0.25, 0.3) is 0 Å². The average molecular weight is 438 g/mol. The number of aryl methyl sites for hydroxylation is 2. The molecule has 0 amide bonds. The van der Waals surface area contributed by atoms with Crippen molar-refractivity contribution in [2.45, 2.75) is 45.6 Å². The van der Waals surface area contributed by atoms with Crippen molar-refractivity contribution >= 4 is 5.97 Å². The van der Waals surface area contributed by atoms with Crippen LogP contribution < -0.4 is 4.74 Å². The zero-order valence-corrected chi connectivity index (χ0v) is 18.2. The number of hydrogen-bond donors (Lipinski definition) is 1. The third-order valence-corrected chi connectivity index (χ3v) is 6.36. The van der Waals surface area contributed by atoms with Crippen LogP contribution in [0.15, 0.2) is 12.1 Å². The van der Waals surface area contributed by atoms with Gasteiger partial charge in [-0.15, -0.1) is 15.3 Å². The number of tetrazole rings is 1. The molecule has 2 atom stereocenters. The molecule has 2 aliphatic carbocycles. The van der Waals surface area contributed by atoms with E-state index in [4.69, 9.17) is 4.74 Å². The van der Waals surface area contributed by atoms with Gasteiger partial charge in [0.05, 0.1) is 29.6 Å². The number of carbonyl (C=O) groups is 1. The van der Waals surface area contributed by atoms with E-state index in [0.29, 0.717) is 36.2 Å². The van der Waals surface area contributed by atoms with Crippen molar-refractivity contribution in [3.63, 3.8) is 0 Å². The predicted octanol–water partition coefficient (Wildman–Crippen LogP) is 1.66. The molecule has 0 aromatic carbocycles. The lowest BCUT2D eigenvalue weighted by molar-refractivity contribution is -0.148. The quantitative estimate of drug-likeness (QED) is 0.529. The normalized spacial score (nSPS) is 20.2. The lowest BCUT2D eigenvalue weighted by atomic mass is 9.74. The van der Waals surface area contributed by atoms with Gasteiger partial charge in [0.2, 0.25) is 0 Å². The summed E-state index contributed by atoms with van der Waals surface area (Å²) >= 11 is 0. The third-order valence-electron chi connectivity index (χ3n) is 6.36. The van der Waals surface area contributed by atoms with Crippen molar-refractivity contribution in [3.05, 3.63) is 29.3 Å². The fourth-order valence-electron chi connectivity index (χ4n) is 4.02. The van der Waals surface area contributed by atoms with E-state index in [1.54, 1.807) is 9.48 Å². The Kier molecular flexibility index (Phi) is 5.32. The Balaban J connectivity index is 1.29. The molecule has 0 saturated heterocycles. The first kappa shape index (κ1) is 20.5. The fraction of sp³-hybridized carbons (Fsp3) is 0.571. The number of aliphatic carboxylic acids is 1. The van der Waals surface area contributed by atoms with Crippen molar-refractivity contribution in [2.75, 3.05) is 6.61 Å². The maximum atomic E-state index is 11.2. The van der Waals surface area contributed by atoms with Gasteiger partial charge in [0, 0.05) is 19.4 Å². The first-order valence-corrected chi connectivity index (χ1v) is 11.0. The monoisotopic (exact) mass is 438 g/mol. The number of hydrogen-bond acceptors (Lipinski definition) is 8. The van der Waals surface area contributed by atoms with Gasteiger partial charge >= 0.3 is 5.97 Å². The molecule has 0 spiro atoms. The van der Waals surface area contributed by atoms with E-state index >= 15 is 0 Å². The summed E-state index contributed by atoms with van der Waals surface area (Å²) in [6.45, 7) is 2.65. The number of pyridine rings is 1. The number of carboxylic acid groups (broad SMARTS) is 1. The van der Waals surface area contributed by atoms with Crippen molar-refractivity contribution in [3.8, 4) is 17.1 Å². The SMILES string of the molecule is Cc1nc(-c2nnn(C)c2Cn2nnc(CC3CC3)n2)ccc1OC[C@@H]1CC[C@H]1C(=O)O. The minimum atomic E-state index is -0.744. The van der Waals surface area contributed by atoms with Crippen LogP contribution in [0.25, 0.3) is 11.4 Å². The number of nitrogens with zero attached hydrogens (tertiary/aromatic N) is 8. The van der Waals surface area contributed by atoms with E-state index in [1.807, 2.05) is 26.1 Å². The molecule has 3 aromatic rings. The fourth-order valence-corrected chi connectivity index (χ4v) is 4.02. The maximum Gasteiger partial charge on any atom is 0.306 e. The lowest BCUT2D eigenvalue weighted by Gasteiger charge is -2.33. The van der Waals surface area contributed by atoms with E-state index < -0.39 is 5.97 Å². The van der Waals surface area contributed by atoms with Crippen LogP contribution in [-0.4, -0.2) is 57.9 Å². The van der Waals surface area contributed by atoms with Crippen LogP contribution in [0.2, 0.25) is 0 Å². The summed E-state index contributed by atoms with van der Waals surface area (Å²) in [7, 11) is 1.83. The Morgan fingerprint density at radius 2 is 2.03 bits per heavy atom. The molecule has 2 saturated carbocycles. The summed E-state index contributed by atoms with van der Waals surface area (Å²) in [4.78, 5) is 17.4. The van der Waals surface area contributed by atoms with Crippen LogP contribution in [-0.2, 0) is 24.8 Å². The number of rotatable bonds is 9. The molecule has 32 heavy (non-hydrogen) atoms. The van der Waals surface area contributed by atoms with Gasteiger partial charge in [-0.2, -0.15) is 4.80 Å². The predicted molar refractivity (Wildman–Crippen MR) is 112 cm³/mol. The highest BCUT2D eigenvalue weighted by Gasteiger charge is 2.37. The highest BCUT2D eigenvalue weighted by Crippen LogP contribution is 2.35. The summed E-state index contributed by atoms with van der Waals surface area (Å²) in [5.41, 5.74) is 2.90. The van der Waals surface area contributed by atoms with Gasteiger partial charge in [-0.05, 0) is 55.9 Å². The molecule has 0 unspecified atom stereocenters. The summed E-state index contributed by atoms with van der Waals surface area (Å²) in [6, 6.07) is 3.70. The molecule has 11 nitrogen and oxygen atoms in total. The van der Waals surface area contributed by atoms with Crippen molar-refractivity contribution in [2.24, 2.45) is 24.8 Å². The zero-order valence-electron chi connectivity index (χ0n) is 18.2. The maximum absolute atomic E-state index is 11.2. The Morgan fingerprint density at radius 3 is 2.72 bits per heavy atom. The molecule has 11 heteroatoms. The Hall–Kier alpha value is -3.37. The molecule has 0 aliphatic heterocycles. The summed E-state index contributed by atoms with van der Waals surface area (Å²) < 4.78 is 7.58. The van der Waals surface area contributed by atoms with Crippen molar-refractivity contribution < 1.29 is 14.6 Å². The van der Waals surface area contributed by atoms with E-state index in [2.05, 4.69) is 30.7 Å². The van der Waals surface area contributed by atoms with E-state index in [-0.39, 0.29) is 11.8 Å². The third kappa shape index (κ3) is 4.19. The zero-order chi connectivity index (χ0) is 22.2. The standard InChI is InChI=1S/C21H26N8O3/c1-12-18(32-11-14-5-6-15(14)21(30)31)8-7-16(22-12)20-17(28(2)26-24-20)10-29-25-19(23-27-29)9-13-3-4-13/h7-8,13-15H,3-6,9-11H2,1-2H3,(H,30,31)/t14-,15+/m0/s1. The molecule has 3 aromatic heterocycles. The van der Waals surface area contributed by atoms with Crippen LogP contribution in [0.4, 0.5) is 0 Å². The number of ether oxygens (including phenoxy) is 1. The first-order valence-electron chi connectivity index (χ1n) is 11.0. The molecular formula is C21H26N8O3. The molecule has 2 fully saturated rings. The van der Waals surface area contributed by atoms with Gasteiger partial charge in [-0.25, -0.2) is 9.67 Å². The van der Waals surface area contributed by atoms with Gasteiger partial charge in [-0.1, -0.05) is 5.21 Å². The number of aromatic nitrogens is 8. The highest BCUT2D eigenvalue weighted by atomic mass is 16.5. The molecule has 0 bridgehead atoms. The smallest absolute Gasteiger partial charge is 0.306 e. The van der Waals surface area contributed by atoms with Gasteiger partial charge in [-0.3, -0.25) is 4.79 Å². The Bertz CT molecular complexity index is 1140. The highest BCUT2D eigenvalue weighted by molar-refractivity contribution is 5.71. The molecule has 168 valence electrons. The van der Waals surface area contributed by atoms with Crippen LogP contribution >= 0.6 is 0 Å². The van der Waals surface area contributed by atoms with Gasteiger partial charge in [0.1, 0.15) is 18.0 Å². The molecule has 5 rings (SSSR count). The number of carboxylic acids is 1. The van der Waals surface area contributed by atoms with Crippen LogP contribution in [0.3, 0.4) is 0 Å². The van der Waals surface area contributed by atoms with E-state index in [1.165, 1.54) is 12.8 Å². The average Bonchev–Trinajstić information content (AvgIpc) is 3.31. The summed E-state index contributed by atoms with van der Waals surface area (Å²) in [5.74, 6) is 1.13. The minimum Gasteiger partial charge on any atom is -0.491 e. The Labute approximate surface area is 184 Å². The van der Waals surface area contributed by atoms with Crippen LogP contribution in [0, 0.1) is 24.7 Å². The second-order valence-electron chi connectivity index (χ2n) is 8.77.